The molecule has 0 radical (unpaired) electrons. The standard InChI is InChI=1S/C38H37Cl2N5O6S/c1-21-17-26(18-22(2)36(21)40)50-16-6-7-27-28-8-9-31(39)35(34-23(3)43-45(5)24(34)4)29(28)19-30(27)37(46)44-52(48,49)33-11-10-32(51-33)38(47)42-20-25-12-14-41-15-13-25/h8-15,17-18H,6-7,16,19-20H2,1-5H3,(H,42,47)(H,44,46). The first kappa shape index (κ1) is 36.9. The first-order valence-corrected chi connectivity index (χ1v) is 18.8. The minimum absolute atomic E-state index is 0.132. The first-order valence-electron chi connectivity index (χ1n) is 16.5. The molecule has 3 heterocycles. The Kier molecular flexibility index (Phi) is 10.6. The monoisotopic (exact) mass is 761 g/mol. The van der Waals surface area contributed by atoms with Crippen LogP contribution in [-0.2, 0) is 34.8 Å². The van der Waals surface area contributed by atoms with E-state index in [4.69, 9.17) is 32.4 Å². The number of amides is 2. The number of allylic oxidation sites excluding steroid dienone is 1. The molecule has 0 fully saturated rings. The number of rotatable bonds is 12. The summed E-state index contributed by atoms with van der Waals surface area (Å²) in [5, 5.41) is 7.86. The molecule has 0 aliphatic heterocycles. The summed E-state index contributed by atoms with van der Waals surface area (Å²) < 4.78 is 42.4. The van der Waals surface area contributed by atoms with E-state index < -0.39 is 26.9 Å². The highest BCUT2D eigenvalue weighted by atomic mass is 35.5. The van der Waals surface area contributed by atoms with Crippen molar-refractivity contribution in [2.75, 3.05) is 6.61 Å². The summed E-state index contributed by atoms with van der Waals surface area (Å²) in [5.74, 6) is -0.956. The van der Waals surface area contributed by atoms with E-state index in [1.54, 1.807) is 35.3 Å². The van der Waals surface area contributed by atoms with Gasteiger partial charge in [-0.15, -0.1) is 0 Å². The predicted octanol–water partition coefficient (Wildman–Crippen LogP) is 7.22. The SMILES string of the molecule is Cc1cc(OCCCC2=C(C(=O)NS(=O)(=O)c3ccc(C(=O)NCc4ccncc4)o3)Cc3c2ccc(Cl)c3-c2c(C)nn(C)c2C)cc(C)c1Cl. The van der Waals surface area contributed by atoms with Gasteiger partial charge < -0.3 is 14.5 Å². The molecule has 52 heavy (non-hydrogen) atoms. The number of carbonyl (C=O) groups excluding carboxylic acids is 2. The van der Waals surface area contributed by atoms with E-state index in [-0.39, 0.29) is 24.3 Å². The third-order valence-electron chi connectivity index (χ3n) is 9.09. The van der Waals surface area contributed by atoms with Gasteiger partial charge in [0.1, 0.15) is 5.75 Å². The summed E-state index contributed by atoms with van der Waals surface area (Å²) in [4.78, 5) is 30.6. The van der Waals surface area contributed by atoms with Crippen molar-refractivity contribution in [1.82, 2.24) is 24.8 Å². The van der Waals surface area contributed by atoms with Crippen LogP contribution in [-0.4, -0.2) is 41.6 Å². The third-order valence-corrected chi connectivity index (χ3v) is 11.2. The Morgan fingerprint density at radius 3 is 2.35 bits per heavy atom. The van der Waals surface area contributed by atoms with Gasteiger partial charge in [-0.2, -0.15) is 13.5 Å². The summed E-state index contributed by atoms with van der Waals surface area (Å²) in [6, 6.07) is 13.3. The maximum absolute atomic E-state index is 14.0. The molecule has 3 aromatic heterocycles. The topological polar surface area (TPSA) is 145 Å². The summed E-state index contributed by atoms with van der Waals surface area (Å²) in [6.07, 6.45) is 4.26. The number of furan rings is 1. The smallest absolute Gasteiger partial charge is 0.297 e. The van der Waals surface area contributed by atoms with Gasteiger partial charge in [-0.25, -0.2) is 4.72 Å². The molecule has 0 saturated heterocycles. The molecular weight excluding hydrogens is 725 g/mol. The molecule has 2 aromatic carbocycles. The van der Waals surface area contributed by atoms with Crippen LogP contribution in [0.4, 0.5) is 0 Å². The molecule has 270 valence electrons. The van der Waals surface area contributed by atoms with E-state index >= 15 is 0 Å². The van der Waals surface area contributed by atoms with Crippen LogP contribution in [0.3, 0.4) is 0 Å². The highest BCUT2D eigenvalue weighted by Gasteiger charge is 2.33. The van der Waals surface area contributed by atoms with Gasteiger partial charge in [-0.1, -0.05) is 29.3 Å². The summed E-state index contributed by atoms with van der Waals surface area (Å²) in [6.45, 7) is 8.20. The molecule has 14 heteroatoms. The largest absolute Gasteiger partial charge is 0.494 e. The Hall–Kier alpha value is -4.91. The van der Waals surface area contributed by atoms with Crippen LogP contribution in [0.1, 0.15) is 62.6 Å². The zero-order valence-electron chi connectivity index (χ0n) is 29.3. The highest BCUT2D eigenvalue weighted by Crippen LogP contribution is 2.45. The maximum atomic E-state index is 14.0. The summed E-state index contributed by atoms with van der Waals surface area (Å²) in [5.41, 5.74) is 8.47. The van der Waals surface area contributed by atoms with Gasteiger partial charge in [0.05, 0.1) is 12.3 Å². The molecule has 2 N–H and O–H groups in total. The molecule has 0 unspecified atom stereocenters. The van der Waals surface area contributed by atoms with Gasteiger partial charge in [-0.3, -0.25) is 19.3 Å². The molecule has 6 rings (SSSR count). The summed E-state index contributed by atoms with van der Waals surface area (Å²) >= 11 is 13.2. The minimum Gasteiger partial charge on any atom is -0.494 e. The fraction of sp³-hybridized carbons (Fsp3) is 0.263. The van der Waals surface area contributed by atoms with Gasteiger partial charge in [0, 0.05) is 64.8 Å². The molecule has 0 atom stereocenters. The van der Waals surface area contributed by atoms with Crippen molar-refractivity contribution in [2.45, 2.75) is 58.6 Å². The van der Waals surface area contributed by atoms with E-state index in [1.807, 2.05) is 52.9 Å². The second-order valence-electron chi connectivity index (χ2n) is 12.7. The Bertz CT molecular complexity index is 2330. The number of halogens is 2. The lowest BCUT2D eigenvalue weighted by atomic mass is 9.93. The van der Waals surface area contributed by atoms with Gasteiger partial charge >= 0.3 is 0 Å². The van der Waals surface area contributed by atoms with Crippen molar-refractivity contribution in [3.05, 3.63) is 122 Å². The number of hydrogen-bond donors (Lipinski definition) is 2. The number of aromatic nitrogens is 3. The quantitative estimate of drug-likeness (QED) is 0.127. The van der Waals surface area contributed by atoms with Crippen molar-refractivity contribution in [3.63, 3.8) is 0 Å². The average Bonchev–Trinajstić information content (AvgIpc) is 3.82. The van der Waals surface area contributed by atoms with E-state index in [1.165, 1.54) is 6.07 Å². The molecule has 1 aliphatic carbocycles. The number of nitrogens with one attached hydrogen (secondary N) is 2. The van der Waals surface area contributed by atoms with Gasteiger partial charge in [0.2, 0.25) is 5.09 Å². The number of pyridine rings is 1. The van der Waals surface area contributed by atoms with Crippen LogP contribution in [0.25, 0.3) is 16.7 Å². The van der Waals surface area contributed by atoms with Crippen LogP contribution < -0.4 is 14.8 Å². The number of nitrogens with zero attached hydrogens (tertiary/aromatic N) is 3. The lowest BCUT2D eigenvalue weighted by Gasteiger charge is -2.14. The molecule has 0 saturated carbocycles. The number of benzene rings is 2. The predicted molar refractivity (Wildman–Crippen MR) is 199 cm³/mol. The lowest BCUT2D eigenvalue weighted by molar-refractivity contribution is -0.115. The van der Waals surface area contributed by atoms with E-state index in [2.05, 4.69) is 20.1 Å². The van der Waals surface area contributed by atoms with Gasteiger partial charge in [-0.05, 0) is 116 Å². The molecule has 1 aliphatic rings. The van der Waals surface area contributed by atoms with Crippen LogP contribution in [0, 0.1) is 27.7 Å². The molecular formula is C38H37Cl2N5O6S. The molecule has 11 nitrogen and oxygen atoms in total. The van der Waals surface area contributed by atoms with Crippen molar-refractivity contribution < 1.29 is 27.2 Å². The minimum atomic E-state index is -4.50. The molecule has 0 bridgehead atoms. The fourth-order valence-electron chi connectivity index (χ4n) is 6.46. The molecule has 5 aromatic rings. The Labute approximate surface area is 312 Å². The van der Waals surface area contributed by atoms with Crippen LogP contribution >= 0.6 is 23.2 Å². The maximum Gasteiger partial charge on any atom is 0.297 e. The van der Waals surface area contributed by atoms with Crippen LogP contribution in [0.2, 0.25) is 10.0 Å². The molecule has 2 amide bonds. The third kappa shape index (κ3) is 7.50. The Morgan fingerprint density at radius 2 is 1.67 bits per heavy atom. The Morgan fingerprint density at radius 1 is 0.962 bits per heavy atom. The lowest BCUT2D eigenvalue weighted by Crippen LogP contribution is -2.32. The summed E-state index contributed by atoms with van der Waals surface area (Å²) in [7, 11) is -2.65. The van der Waals surface area contributed by atoms with E-state index in [0.717, 1.165) is 56.4 Å². The van der Waals surface area contributed by atoms with Crippen molar-refractivity contribution in [3.8, 4) is 16.9 Å². The van der Waals surface area contributed by atoms with Gasteiger partial charge in [0.25, 0.3) is 21.8 Å². The van der Waals surface area contributed by atoms with E-state index in [0.29, 0.717) is 40.8 Å². The number of aryl methyl sites for hydroxylation is 4. The van der Waals surface area contributed by atoms with Gasteiger partial charge in [0.15, 0.2) is 5.76 Å². The average molecular weight is 763 g/mol. The highest BCUT2D eigenvalue weighted by molar-refractivity contribution is 7.90. The van der Waals surface area contributed by atoms with Crippen LogP contribution in [0.5, 0.6) is 5.75 Å². The fourth-order valence-corrected chi connectivity index (χ4v) is 7.75. The number of sulfonamides is 1. The van der Waals surface area contributed by atoms with Crippen molar-refractivity contribution in [1.29, 1.82) is 0 Å². The van der Waals surface area contributed by atoms with Crippen molar-refractivity contribution in [2.24, 2.45) is 7.05 Å². The van der Waals surface area contributed by atoms with E-state index in [9.17, 15) is 18.0 Å². The normalized spacial score (nSPS) is 12.6. The number of ether oxygens (including phenoxy) is 1. The molecule has 0 spiro atoms. The van der Waals surface area contributed by atoms with Crippen LogP contribution in [0.15, 0.2) is 76.0 Å². The van der Waals surface area contributed by atoms with Crippen molar-refractivity contribution >= 4 is 50.6 Å². The Balaban J connectivity index is 1.26. The zero-order valence-corrected chi connectivity index (χ0v) is 31.6. The zero-order chi connectivity index (χ0) is 37.3. The number of hydrogen-bond acceptors (Lipinski definition) is 8. The number of carbonyl (C=O) groups is 2. The second-order valence-corrected chi connectivity index (χ2v) is 15.1. The second kappa shape index (κ2) is 15.0. The number of fused-ring (bicyclic) bond motifs is 1. The first-order chi connectivity index (χ1) is 24.7.